The Hall–Kier alpha value is -1.86. The van der Waals surface area contributed by atoms with Crippen molar-refractivity contribution in [1.82, 2.24) is 4.98 Å². The van der Waals surface area contributed by atoms with Crippen LogP contribution in [0.25, 0.3) is 10.4 Å². The number of pyridine rings is 1. The Kier molecular flexibility index (Phi) is 2.40. The van der Waals surface area contributed by atoms with Gasteiger partial charge in [-0.3, -0.25) is 0 Å². The molecule has 15 heavy (non-hydrogen) atoms. The Morgan fingerprint density at radius 2 is 2.13 bits per heavy atom. The fourth-order valence-electron chi connectivity index (χ4n) is 1.38. The highest BCUT2D eigenvalue weighted by Crippen LogP contribution is 2.29. The largest absolute Gasteiger partial charge is 0.384 e. The zero-order valence-electron chi connectivity index (χ0n) is 8.19. The maximum absolute atomic E-state index is 8.74. The van der Waals surface area contributed by atoms with Gasteiger partial charge in [-0.05, 0) is 31.2 Å². The van der Waals surface area contributed by atoms with Gasteiger partial charge in [0, 0.05) is 16.1 Å². The predicted molar refractivity (Wildman–Crippen MR) is 61.4 cm³/mol. The number of aromatic nitrogens is 1. The molecule has 0 aliphatic heterocycles. The monoisotopic (exact) mass is 215 g/mol. The van der Waals surface area contributed by atoms with Crippen molar-refractivity contribution in [3.63, 3.8) is 0 Å². The molecule has 0 aromatic carbocycles. The number of hydrogen-bond acceptors (Lipinski definition) is 4. The fraction of sp³-hybridized carbons (Fsp3) is 0.0909. The second-order valence-electron chi connectivity index (χ2n) is 3.14. The quantitative estimate of drug-likeness (QED) is 0.795. The first-order chi connectivity index (χ1) is 7.20. The van der Waals surface area contributed by atoms with Gasteiger partial charge in [-0.2, -0.15) is 5.26 Å². The van der Waals surface area contributed by atoms with E-state index in [1.807, 2.05) is 25.1 Å². The van der Waals surface area contributed by atoms with E-state index in [1.54, 1.807) is 6.07 Å². The smallest absolute Gasteiger partial charge is 0.123 e. The number of nitriles is 1. The number of anilines is 1. The van der Waals surface area contributed by atoms with Gasteiger partial charge in [-0.1, -0.05) is 0 Å². The molecule has 2 rings (SSSR count). The van der Waals surface area contributed by atoms with E-state index in [2.05, 4.69) is 11.1 Å². The van der Waals surface area contributed by atoms with Crippen molar-refractivity contribution in [2.75, 3.05) is 5.73 Å². The second kappa shape index (κ2) is 3.71. The Labute approximate surface area is 91.8 Å². The molecule has 0 atom stereocenters. The molecule has 2 heterocycles. The summed E-state index contributed by atoms with van der Waals surface area (Å²) in [5, 5.41) is 8.74. The molecule has 0 unspecified atom stereocenters. The van der Waals surface area contributed by atoms with E-state index in [0.29, 0.717) is 10.7 Å². The van der Waals surface area contributed by atoms with Crippen LogP contribution in [0, 0.1) is 18.3 Å². The molecule has 0 saturated heterocycles. The Morgan fingerprint density at radius 3 is 2.73 bits per heavy atom. The van der Waals surface area contributed by atoms with Crippen LogP contribution in [0.4, 0.5) is 5.82 Å². The third-order valence-electron chi connectivity index (χ3n) is 2.09. The standard InChI is InChI=1S/C11H9N3S/c1-7-9(3-5-11(13)14-7)10-4-2-8(6-12)15-10/h2-5H,1H3,(H2,13,14). The summed E-state index contributed by atoms with van der Waals surface area (Å²) in [6, 6.07) is 9.58. The van der Waals surface area contributed by atoms with Crippen LogP contribution >= 0.6 is 11.3 Å². The topological polar surface area (TPSA) is 62.7 Å². The lowest BCUT2D eigenvalue weighted by Gasteiger charge is -2.02. The Morgan fingerprint density at radius 1 is 1.33 bits per heavy atom. The van der Waals surface area contributed by atoms with Crippen molar-refractivity contribution in [3.05, 3.63) is 34.8 Å². The molecule has 2 aromatic rings. The van der Waals surface area contributed by atoms with Crippen LogP contribution in [0.2, 0.25) is 0 Å². The highest BCUT2D eigenvalue weighted by Gasteiger charge is 2.06. The highest BCUT2D eigenvalue weighted by atomic mass is 32.1. The third kappa shape index (κ3) is 1.83. The second-order valence-corrected chi connectivity index (χ2v) is 4.23. The lowest BCUT2D eigenvalue weighted by Crippen LogP contribution is -1.93. The summed E-state index contributed by atoms with van der Waals surface area (Å²) < 4.78 is 0. The lowest BCUT2D eigenvalue weighted by molar-refractivity contribution is 1.22. The fourth-order valence-corrected chi connectivity index (χ4v) is 2.26. The van der Waals surface area contributed by atoms with Crippen LogP contribution in [0.15, 0.2) is 24.3 Å². The van der Waals surface area contributed by atoms with Crippen molar-refractivity contribution in [1.29, 1.82) is 5.26 Å². The highest BCUT2D eigenvalue weighted by molar-refractivity contribution is 7.16. The van der Waals surface area contributed by atoms with Gasteiger partial charge in [0.2, 0.25) is 0 Å². The predicted octanol–water partition coefficient (Wildman–Crippen LogP) is 2.57. The first-order valence-electron chi connectivity index (χ1n) is 4.44. The van der Waals surface area contributed by atoms with Gasteiger partial charge in [-0.15, -0.1) is 11.3 Å². The number of nitrogens with zero attached hydrogens (tertiary/aromatic N) is 2. The molecular formula is C11H9N3S. The van der Waals surface area contributed by atoms with E-state index in [1.165, 1.54) is 11.3 Å². The van der Waals surface area contributed by atoms with Gasteiger partial charge in [0.05, 0.1) is 0 Å². The SMILES string of the molecule is Cc1nc(N)ccc1-c1ccc(C#N)s1. The van der Waals surface area contributed by atoms with Crippen LogP contribution in [-0.2, 0) is 0 Å². The van der Waals surface area contributed by atoms with Crippen LogP contribution in [0.5, 0.6) is 0 Å². The molecule has 2 N–H and O–H groups in total. The molecule has 0 aliphatic rings. The van der Waals surface area contributed by atoms with Gasteiger partial charge in [0.1, 0.15) is 16.8 Å². The zero-order valence-corrected chi connectivity index (χ0v) is 9.01. The molecule has 3 nitrogen and oxygen atoms in total. The summed E-state index contributed by atoms with van der Waals surface area (Å²) in [6.07, 6.45) is 0. The maximum Gasteiger partial charge on any atom is 0.123 e. The average molecular weight is 215 g/mol. The minimum Gasteiger partial charge on any atom is -0.384 e. The van der Waals surface area contributed by atoms with E-state index in [9.17, 15) is 0 Å². The third-order valence-corrected chi connectivity index (χ3v) is 3.11. The number of nitrogens with two attached hydrogens (primary N) is 1. The van der Waals surface area contributed by atoms with E-state index < -0.39 is 0 Å². The van der Waals surface area contributed by atoms with Crippen LogP contribution < -0.4 is 5.73 Å². The molecule has 0 saturated carbocycles. The Bertz CT molecular complexity index is 537. The minimum absolute atomic E-state index is 0.522. The van der Waals surface area contributed by atoms with Crippen LogP contribution in [-0.4, -0.2) is 4.98 Å². The molecule has 0 amide bonds. The molecule has 4 heteroatoms. The summed E-state index contributed by atoms with van der Waals surface area (Å²) in [7, 11) is 0. The van der Waals surface area contributed by atoms with Crippen molar-refractivity contribution < 1.29 is 0 Å². The van der Waals surface area contributed by atoms with Crippen molar-refractivity contribution in [2.45, 2.75) is 6.92 Å². The first kappa shape index (κ1) is 9.69. The number of aryl methyl sites for hydroxylation is 1. The molecule has 74 valence electrons. The molecule has 0 fully saturated rings. The summed E-state index contributed by atoms with van der Waals surface area (Å²) >= 11 is 1.46. The summed E-state index contributed by atoms with van der Waals surface area (Å²) in [5.74, 6) is 0.522. The maximum atomic E-state index is 8.74. The van der Waals surface area contributed by atoms with Gasteiger partial charge < -0.3 is 5.73 Å². The summed E-state index contributed by atoms with van der Waals surface area (Å²) in [4.78, 5) is 5.95. The van der Waals surface area contributed by atoms with E-state index in [4.69, 9.17) is 11.0 Å². The Balaban J connectivity index is 2.50. The lowest BCUT2D eigenvalue weighted by atomic mass is 10.1. The number of hydrogen-bond donors (Lipinski definition) is 1. The van der Waals surface area contributed by atoms with Crippen LogP contribution in [0.1, 0.15) is 10.6 Å². The molecule has 0 spiro atoms. The first-order valence-corrected chi connectivity index (χ1v) is 5.26. The van der Waals surface area contributed by atoms with E-state index in [-0.39, 0.29) is 0 Å². The molecule has 0 aliphatic carbocycles. The number of nitrogen functional groups attached to an aromatic ring is 1. The van der Waals surface area contributed by atoms with E-state index in [0.717, 1.165) is 16.1 Å². The summed E-state index contributed by atoms with van der Waals surface area (Å²) in [5.41, 5.74) is 7.50. The van der Waals surface area contributed by atoms with Gasteiger partial charge in [-0.25, -0.2) is 4.98 Å². The number of rotatable bonds is 1. The molecule has 2 aromatic heterocycles. The van der Waals surface area contributed by atoms with Crippen LogP contribution in [0.3, 0.4) is 0 Å². The van der Waals surface area contributed by atoms with E-state index >= 15 is 0 Å². The van der Waals surface area contributed by atoms with Gasteiger partial charge in [0.15, 0.2) is 0 Å². The minimum atomic E-state index is 0.522. The van der Waals surface area contributed by atoms with Crippen molar-refractivity contribution in [3.8, 4) is 16.5 Å². The van der Waals surface area contributed by atoms with Gasteiger partial charge >= 0.3 is 0 Å². The molecule has 0 bridgehead atoms. The summed E-state index contributed by atoms with van der Waals surface area (Å²) in [6.45, 7) is 1.91. The van der Waals surface area contributed by atoms with Crippen molar-refractivity contribution >= 4 is 17.2 Å². The normalized spacial score (nSPS) is 9.87. The van der Waals surface area contributed by atoms with Gasteiger partial charge in [0.25, 0.3) is 0 Å². The van der Waals surface area contributed by atoms with Crippen molar-refractivity contribution in [2.24, 2.45) is 0 Å². The zero-order chi connectivity index (χ0) is 10.8. The number of thiophene rings is 1. The average Bonchev–Trinajstić information content (AvgIpc) is 2.66. The molecule has 0 radical (unpaired) electrons. The molecular weight excluding hydrogens is 206 g/mol.